The van der Waals surface area contributed by atoms with Crippen LogP contribution < -0.4 is 5.32 Å². The van der Waals surface area contributed by atoms with Crippen LogP contribution in [0.15, 0.2) is 59.1 Å². The minimum Gasteiger partial charge on any atom is -0.316 e. The number of aryl methyl sites for hydroxylation is 1. The molecule has 2 rings (SSSR count). The van der Waals surface area contributed by atoms with Gasteiger partial charge in [0, 0.05) is 11.0 Å². The van der Waals surface area contributed by atoms with Crippen molar-refractivity contribution in [1.29, 1.82) is 0 Å². The first-order chi connectivity index (χ1) is 9.75. The second-order valence-electron chi connectivity index (χ2n) is 5.25. The zero-order valence-electron chi connectivity index (χ0n) is 12.0. The lowest BCUT2D eigenvalue weighted by molar-refractivity contribution is 0.596. The fourth-order valence-electron chi connectivity index (χ4n) is 2.31. The Labute approximate surface area is 130 Å². The summed E-state index contributed by atoms with van der Waals surface area (Å²) >= 11 is 3.53. The van der Waals surface area contributed by atoms with Gasteiger partial charge in [-0.15, -0.1) is 0 Å². The molecule has 0 aliphatic heterocycles. The van der Waals surface area contributed by atoms with E-state index in [0.717, 1.165) is 24.0 Å². The molecule has 106 valence electrons. The fraction of sp³-hybridized carbons (Fsp3) is 0.333. The van der Waals surface area contributed by atoms with Crippen LogP contribution in [-0.2, 0) is 6.42 Å². The van der Waals surface area contributed by atoms with E-state index in [4.69, 9.17) is 0 Å². The van der Waals surface area contributed by atoms with Gasteiger partial charge in [0.25, 0.3) is 0 Å². The SMILES string of the molecule is CC(CNCCCc1ccccc1)c1cccc(Br)c1. The molecular weight excluding hydrogens is 310 g/mol. The Kier molecular flexibility index (Phi) is 6.28. The smallest absolute Gasteiger partial charge is 0.0178 e. The van der Waals surface area contributed by atoms with Gasteiger partial charge in [0.15, 0.2) is 0 Å². The minimum absolute atomic E-state index is 0.546. The van der Waals surface area contributed by atoms with Crippen LogP contribution in [0.1, 0.15) is 30.4 Å². The highest BCUT2D eigenvalue weighted by atomic mass is 79.9. The van der Waals surface area contributed by atoms with Crippen LogP contribution in [0.25, 0.3) is 0 Å². The van der Waals surface area contributed by atoms with E-state index in [1.54, 1.807) is 0 Å². The van der Waals surface area contributed by atoms with E-state index in [9.17, 15) is 0 Å². The Hall–Kier alpha value is -1.12. The summed E-state index contributed by atoms with van der Waals surface area (Å²) in [6.45, 7) is 4.38. The first-order valence-electron chi connectivity index (χ1n) is 7.26. The van der Waals surface area contributed by atoms with Crippen LogP contribution >= 0.6 is 15.9 Å². The quantitative estimate of drug-likeness (QED) is 0.720. The standard InChI is InChI=1S/C18H22BrN/c1-15(17-10-5-11-18(19)13-17)14-20-12-6-9-16-7-3-2-4-8-16/h2-5,7-8,10-11,13,15,20H,6,9,12,14H2,1H3. The number of halogens is 1. The normalized spacial score (nSPS) is 12.3. The number of hydrogen-bond donors (Lipinski definition) is 1. The van der Waals surface area contributed by atoms with Gasteiger partial charge in [-0.25, -0.2) is 0 Å². The molecule has 1 nitrogen and oxygen atoms in total. The Morgan fingerprint density at radius 2 is 1.85 bits per heavy atom. The van der Waals surface area contributed by atoms with Crippen LogP contribution in [0, 0.1) is 0 Å². The number of nitrogens with one attached hydrogen (secondary N) is 1. The molecule has 20 heavy (non-hydrogen) atoms. The van der Waals surface area contributed by atoms with Crippen LogP contribution in [0.3, 0.4) is 0 Å². The van der Waals surface area contributed by atoms with Crippen LogP contribution in [0.5, 0.6) is 0 Å². The lowest BCUT2D eigenvalue weighted by Gasteiger charge is -2.13. The van der Waals surface area contributed by atoms with Gasteiger partial charge < -0.3 is 5.32 Å². The first kappa shape index (κ1) is 15.3. The average molecular weight is 332 g/mol. The molecule has 1 unspecified atom stereocenters. The molecule has 0 aromatic heterocycles. The van der Waals surface area contributed by atoms with Crippen molar-refractivity contribution in [2.75, 3.05) is 13.1 Å². The van der Waals surface area contributed by atoms with Crippen molar-refractivity contribution in [2.45, 2.75) is 25.7 Å². The molecule has 0 heterocycles. The van der Waals surface area contributed by atoms with Gasteiger partial charge in [0.05, 0.1) is 0 Å². The molecule has 0 aliphatic carbocycles. The predicted molar refractivity (Wildman–Crippen MR) is 90.2 cm³/mol. The average Bonchev–Trinajstić information content (AvgIpc) is 2.48. The lowest BCUT2D eigenvalue weighted by Crippen LogP contribution is -2.21. The van der Waals surface area contributed by atoms with Crippen LogP contribution in [0.2, 0.25) is 0 Å². The van der Waals surface area contributed by atoms with Gasteiger partial charge in [-0.3, -0.25) is 0 Å². The highest BCUT2D eigenvalue weighted by molar-refractivity contribution is 9.10. The van der Waals surface area contributed by atoms with Crippen molar-refractivity contribution in [3.8, 4) is 0 Å². The molecule has 2 heteroatoms. The molecule has 1 N–H and O–H groups in total. The lowest BCUT2D eigenvalue weighted by atomic mass is 10.0. The summed E-state index contributed by atoms with van der Waals surface area (Å²) in [5.41, 5.74) is 2.81. The van der Waals surface area contributed by atoms with Gasteiger partial charge >= 0.3 is 0 Å². The largest absolute Gasteiger partial charge is 0.316 e. The summed E-state index contributed by atoms with van der Waals surface area (Å²) in [5, 5.41) is 3.56. The van der Waals surface area contributed by atoms with E-state index >= 15 is 0 Å². The van der Waals surface area contributed by atoms with Crippen molar-refractivity contribution in [1.82, 2.24) is 5.32 Å². The van der Waals surface area contributed by atoms with Crippen molar-refractivity contribution in [3.63, 3.8) is 0 Å². The second kappa shape index (κ2) is 8.23. The summed E-state index contributed by atoms with van der Waals surface area (Å²) < 4.78 is 1.16. The monoisotopic (exact) mass is 331 g/mol. The third kappa shape index (κ3) is 5.10. The molecule has 0 spiro atoms. The van der Waals surface area contributed by atoms with Crippen molar-refractivity contribution in [2.24, 2.45) is 0 Å². The maximum Gasteiger partial charge on any atom is 0.0178 e. The van der Waals surface area contributed by atoms with E-state index < -0.39 is 0 Å². The van der Waals surface area contributed by atoms with E-state index in [0.29, 0.717) is 5.92 Å². The second-order valence-corrected chi connectivity index (χ2v) is 6.17. The number of hydrogen-bond acceptors (Lipinski definition) is 1. The molecule has 0 saturated carbocycles. The molecule has 0 aliphatic rings. The molecule has 0 bridgehead atoms. The number of benzene rings is 2. The maximum absolute atomic E-state index is 3.56. The zero-order chi connectivity index (χ0) is 14.2. The van der Waals surface area contributed by atoms with E-state index in [-0.39, 0.29) is 0 Å². The van der Waals surface area contributed by atoms with Gasteiger partial charge in [0.2, 0.25) is 0 Å². The molecule has 0 amide bonds. The summed E-state index contributed by atoms with van der Waals surface area (Å²) in [6, 6.07) is 19.3. The highest BCUT2D eigenvalue weighted by Crippen LogP contribution is 2.18. The maximum atomic E-state index is 3.56. The van der Waals surface area contributed by atoms with E-state index in [2.05, 4.69) is 82.8 Å². The van der Waals surface area contributed by atoms with E-state index in [1.165, 1.54) is 17.5 Å². The Balaban J connectivity index is 1.66. The summed E-state index contributed by atoms with van der Waals surface area (Å²) in [4.78, 5) is 0. The van der Waals surface area contributed by atoms with Gasteiger partial charge in [-0.2, -0.15) is 0 Å². The third-order valence-corrected chi connectivity index (χ3v) is 4.02. The minimum atomic E-state index is 0.546. The Morgan fingerprint density at radius 3 is 2.60 bits per heavy atom. The Bertz CT molecular complexity index is 510. The van der Waals surface area contributed by atoms with Crippen molar-refractivity contribution in [3.05, 3.63) is 70.2 Å². The molecule has 0 fully saturated rings. The van der Waals surface area contributed by atoms with Crippen LogP contribution in [-0.4, -0.2) is 13.1 Å². The van der Waals surface area contributed by atoms with Crippen LogP contribution in [0.4, 0.5) is 0 Å². The van der Waals surface area contributed by atoms with Crippen molar-refractivity contribution < 1.29 is 0 Å². The molecule has 0 radical (unpaired) electrons. The molecule has 2 aromatic carbocycles. The topological polar surface area (TPSA) is 12.0 Å². The van der Waals surface area contributed by atoms with Gasteiger partial charge in [-0.05, 0) is 48.6 Å². The molecule has 1 atom stereocenters. The molecule has 2 aromatic rings. The summed E-state index contributed by atoms with van der Waals surface area (Å²) in [6.07, 6.45) is 2.34. The molecular formula is C18H22BrN. The Morgan fingerprint density at radius 1 is 1.05 bits per heavy atom. The first-order valence-corrected chi connectivity index (χ1v) is 8.05. The van der Waals surface area contributed by atoms with Gasteiger partial charge in [-0.1, -0.05) is 65.3 Å². The predicted octanol–water partition coefficient (Wildman–Crippen LogP) is 4.78. The highest BCUT2D eigenvalue weighted by Gasteiger charge is 2.04. The molecule has 0 saturated heterocycles. The summed E-state index contributed by atoms with van der Waals surface area (Å²) in [7, 11) is 0. The van der Waals surface area contributed by atoms with E-state index in [1.807, 2.05) is 0 Å². The van der Waals surface area contributed by atoms with Gasteiger partial charge in [0.1, 0.15) is 0 Å². The number of rotatable bonds is 7. The summed E-state index contributed by atoms with van der Waals surface area (Å²) in [5.74, 6) is 0.546. The third-order valence-electron chi connectivity index (χ3n) is 3.53. The fourth-order valence-corrected chi connectivity index (χ4v) is 2.73. The van der Waals surface area contributed by atoms with Crippen molar-refractivity contribution >= 4 is 15.9 Å². The zero-order valence-corrected chi connectivity index (χ0v) is 13.6.